The topological polar surface area (TPSA) is 94.2 Å². The van der Waals surface area contributed by atoms with E-state index in [0.717, 1.165) is 11.1 Å². The Kier molecular flexibility index (Phi) is 8.76. The van der Waals surface area contributed by atoms with Crippen LogP contribution in [0.4, 0.5) is 0 Å². The second-order valence-corrected chi connectivity index (χ2v) is 8.57. The van der Waals surface area contributed by atoms with Gasteiger partial charge in [0.15, 0.2) is 18.1 Å². The molecule has 1 N–H and O–H groups in total. The molecule has 34 heavy (non-hydrogen) atoms. The van der Waals surface area contributed by atoms with Gasteiger partial charge in [0.2, 0.25) is 5.91 Å². The number of nitrogens with zero attached hydrogens (tertiary/aromatic N) is 1. The summed E-state index contributed by atoms with van der Waals surface area (Å²) >= 11 is 5.98. The number of likely N-dealkylation sites (tertiary alicyclic amines) is 1. The van der Waals surface area contributed by atoms with Gasteiger partial charge in [-0.15, -0.1) is 0 Å². The smallest absolute Gasteiger partial charge is 0.311 e. The highest BCUT2D eigenvalue weighted by Crippen LogP contribution is 2.28. The minimum Gasteiger partial charge on any atom is -0.493 e. The van der Waals surface area contributed by atoms with E-state index >= 15 is 0 Å². The third-order valence-electron chi connectivity index (χ3n) is 5.74. The molecule has 2 amide bonds. The Bertz CT molecular complexity index is 1040. The number of hydrogen-bond acceptors (Lipinski definition) is 6. The lowest BCUT2D eigenvalue weighted by atomic mass is 10.1. The number of esters is 1. The number of nitrogens with one attached hydrogen (secondary N) is 1. The van der Waals surface area contributed by atoms with E-state index in [1.54, 1.807) is 37.3 Å². The fourth-order valence-electron chi connectivity index (χ4n) is 3.84. The molecule has 3 rings (SSSR count). The minimum atomic E-state index is -0.587. The van der Waals surface area contributed by atoms with Crippen LogP contribution in [-0.2, 0) is 25.5 Å². The van der Waals surface area contributed by atoms with Crippen LogP contribution in [0.25, 0.3) is 0 Å². The predicted octanol–water partition coefficient (Wildman–Crippen LogP) is 3.17. The highest BCUT2D eigenvalue weighted by Gasteiger charge is 2.35. The first-order valence-corrected chi connectivity index (χ1v) is 11.4. The van der Waals surface area contributed by atoms with Gasteiger partial charge in [-0.3, -0.25) is 14.4 Å². The Hall–Kier alpha value is -3.26. The van der Waals surface area contributed by atoms with Crippen LogP contribution in [0.5, 0.6) is 11.5 Å². The first-order chi connectivity index (χ1) is 16.3. The fraction of sp³-hybridized carbons (Fsp3) is 0.400. The van der Waals surface area contributed by atoms with Crippen LogP contribution < -0.4 is 14.8 Å². The molecule has 0 aromatic heterocycles. The summed E-state index contributed by atoms with van der Waals surface area (Å²) in [6, 6.07) is 12.5. The van der Waals surface area contributed by atoms with Gasteiger partial charge < -0.3 is 24.4 Å². The van der Waals surface area contributed by atoms with Crippen LogP contribution in [0.2, 0.25) is 5.02 Å². The number of carbonyl (C=O) groups is 3. The Balaban J connectivity index is 1.45. The molecule has 0 aliphatic carbocycles. The summed E-state index contributed by atoms with van der Waals surface area (Å²) in [4.78, 5) is 38.7. The third kappa shape index (κ3) is 6.63. The molecule has 0 spiro atoms. The number of carbonyl (C=O) groups excluding carboxylic acids is 3. The van der Waals surface area contributed by atoms with Gasteiger partial charge in [-0.2, -0.15) is 0 Å². The number of hydrogen-bond donors (Lipinski definition) is 1. The van der Waals surface area contributed by atoms with Gasteiger partial charge in [-0.05, 0) is 48.7 Å². The lowest BCUT2D eigenvalue weighted by molar-refractivity contribution is -0.152. The Morgan fingerprint density at radius 2 is 1.91 bits per heavy atom. The largest absolute Gasteiger partial charge is 0.493 e. The van der Waals surface area contributed by atoms with Crippen LogP contribution in [0.1, 0.15) is 30.5 Å². The Morgan fingerprint density at radius 3 is 2.62 bits per heavy atom. The summed E-state index contributed by atoms with van der Waals surface area (Å²) in [5.41, 5.74) is 1.83. The second-order valence-electron chi connectivity index (χ2n) is 8.13. The number of benzene rings is 2. The average Bonchev–Trinajstić information content (AvgIpc) is 3.21. The zero-order chi connectivity index (χ0) is 24.7. The molecule has 0 radical (unpaired) electrons. The van der Waals surface area contributed by atoms with Gasteiger partial charge in [-0.25, -0.2) is 0 Å². The van der Waals surface area contributed by atoms with Crippen molar-refractivity contribution in [3.05, 3.63) is 58.6 Å². The van der Waals surface area contributed by atoms with Crippen LogP contribution in [0.15, 0.2) is 42.5 Å². The van der Waals surface area contributed by atoms with Gasteiger partial charge in [0.05, 0.1) is 26.2 Å². The van der Waals surface area contributed by atoms with Crippen LogP contribution in [0, 0.1) is 5.92 Å². The molecular formula is C25H29ClN2O6. The maximum Gasteiger partial charge on any atom is 0.311 e. The molecule has 1 aliphatic rings. The van der Waals surface area contributed by atoms with Crippen LogP contribution >= 0.6 is 11.6 Å². The predicted molar refractivity (Wildman–Crippen MR) is 127 cm³/mol. The van der Waals surface area contributed by atoms with E-state index in [4.69, 9.17) is 25.8 Å². The standard InChI is InChI=1S/C25H29ClN2O6/c1-16(18-5-4-6-20(26)12-18)27-23(29)15-34-25(31)19-13-24(30)28(14-19)10-9-17-7-8-21(32-2)22(11-17)33-3/h4-8,11-12,16,19H,9-10,13-15H2,1-3H3,(H,27,29)/t16-,19+/m0/s1. The van der Waals surface area contributed by atoms with E-state index in [9.17, 15) is 14.4 Å². The van der Waals surface area contributed by atoms with E-state index in [2.05, 4.69) is 5.32 Å². The van der Waals surface area contributed by atoms with Crippen molar-refractivity contribution in [2.24, 2.45) is 5.92 Å². The number of ether oxygens (including phenoxy) is 3. The average molecular weight is 489 g/mol. The second kappa shape index (κ2) is 11.7. The van der Waals surface area contributed by atoms with Crippen molar-refractivity contribution in [2.75, 3.05) is 33.9 Å². The molecule has 1 saturated heterocycles. The summed E-state index contributed by atoms with van der Waals surface area (Å²) in [5, 5.41) is 3.35. The molecule has 0 saturated carbocycles. The zero-order valence-electron chi connectivity index (χ0n) is 19.5. The monoisotopic (exact) mass is 488 g/mol. The molecule has 1 aliphatic heterocycles. The molecule has 2 aromatic carbocycles. The van der Waals surface area contributed by atoms with Gasteiger partial charge >= 0.3 is 5.97 Å². The Labute approximate surface area is 204 Å². The van der Waals surface area contributed by atoms with Gasteiger partial charge in [0, 0.05) is 24.5 Å². The third-order valence-corrected chi connectivity index (χ3v) is 5.97. The van der Waals surface area contributed by atoms with Crippen molar-refractivity contribution >= 4 is 29.4 Å². The zero-order valence-corrected chi connectivity index (χ0v) is 20.3. The number of rotatable bonds is 10. The molecular weight excluding hydrogens is 460 g/mol. The van der Waals surface area contributed by atoms with Crippen molar-refractivity contribution in [2.45, 2.75) is 25.8 Å². The van der Waals surface area contributed by atoms with E-state index in [-0.39, 0.29) is 24.9 Å². The van der Waals surface area contributed by atoms with Crippen molar-refractivity contribution in [3.63, 3.8) is 0 Å². The SMILES string of the molecule is COc1ccc(CCN2C[C@H](C(=O)OCC(=O)N[C@@H](C)c3cccc(Cl)c3)CC2=O)cc1OC. The number of methoxy groups -OCH3 is 2. The van der Waals surface area contributed by atoms with E-state index in [1.807, 2.05) is 31.2 Å². The molecule has 0 bridgehead atoms. The Morgan fingerprint density at radius 1 is 1.15 bits per heavy atom. The maximum atomic E-state index is 12.4. The van der Waals surface area contributed by atoms with Gasteiger partial charge in [-0.1, -0.05) is 29.8 Å². The normalized spacial score (nSPS) is 16.2. The molecule has 2 aromatic rings. The fourth-order valence-corrected chi connectivity index (χ4v) is 4.04. The van der Waals surface area contributed by atoms with Crippen molar-refractivity contribution in [1.29, 1.82) is 0 Å². The lowest BCUT2D eigenvalue weighted by Gasteiger charge is -2.17. The molecule has 182 valence electrons. The van der Waals surface area contributed by atoms with E-state index < -0.39 is 24.4 Å². The summed E-state index contributed by atoms with van der Waals surface area (Å²) in [6.07, 6.45) is 0.683. The van der Waals surface area contributed by atoms with Crippen molar-refractivity contribution < 1.29 is 28.6 Å². The molecule has 1 fully saturated rings. The maximum absolute atomic E-state index is 12.4. The van der Waals surface area contributed by atoms with Gasteiger partial charge in [0.25, 0.3) is 5.91 Å². The van der Waals surface area contributed by atoms with E-state index in [0.29, 0.717) is 29.5 Å². The van der Waals surface area contributed by atoms with Crippen molar-refractivity contribution in [1.82, 2.24) is 10.2 Å². The highest BCUT2D eigenvalue weighted by atomic mass is 35.5. The molecule has 9 heteroatoms. The minimum absolute atomic E-state index is 0.0747. The van der Waals surface area contributed by atoms with E-state index in [1.165, 1.54) is 0 Å². The summed E-state index contributed by atoms with van der Waals surface area (Å²) in [5.74, 6) is -0.407. The van der Waals surface area contributed by atoms with Gasteiger partial charge in [0.1, 0.15) is 0 Å². The van der Waals surface area contributed by atoms with Crippen LogP contribution in [0.3, 0.4) is 0 Å². The summed E-state index contributed by atoms with van der Waals surface area (Å²) in [7, 11) is 3.14. The summed E-state index contributed by atoms with van der Waals surface area (Å²) < 4.78 is 15.7. The quantitative estimate of drug-likeness (QED) is 0.516. The molecule has 8 nitrogen and oxygen atoms in total. The van der Waals surface area contributed by atoms with Crippen LogP contribution in [-0.4, -0.2) is 56.6 Å². The molecule has 1 heterocycles. The van der Waals surface area contributed by atoms with Crippen molar-refractivity contribution in [3.8, 4) is 11.5 Å². The highest BCUT2D eigenvalue weighted by molar-refractivity contribution is 6.30. The number of halogens is 1. The lowest BCUT2D eigenvalue weighted by Crippen LogP contribution is -2.33. The first kappa shape index (κ1) is 25.4. The summed E-state index contributed by atoms with van der Waals surface area (Å²) in [6.45, 7) is 2.15. The number of amides is 2. The first-order valence-electron chi connectivity index (χ1n) is 11.0. The molecule has 2 atom stereocenters. The molecule has 0 unspecified atom stereocenters.